The second kappa shape index (κ2) is 9.88. The zero-order chi connectivity index (χ0) is 23.4. The molecule has 1 saturated heterocycles. The summed E-state index contributed by atoms with van der Waals surface area (Å²) in [5, 5.41) is 10.00. The first-order chi connectivity index (χ1) is 16.0. The van der Waals surface area contributed by atoms with Crippen LogP contribution in [0.3, 0.4) is 0 Å². The molecule has 2 N–H and O–H groups in total. The minimum absolute atomic E-state index is 0.115. The Labute approximate surface area is 198 Å². The van der Waals surface area contributed by atoms with Gasteiger partial charge in [0.05, 0.1) is 17.5 Å². The lowest BCUT2D eigenvalue weighted by atomic mass is 10.1. The van der Waals surface area contributed by atoms with Gasteiger partial charge in [0.15, 0.2) is 12.0 Å². The van der Waals surface area contributed by atoms with Crippen LogP contribution in [0.5, 0.6) is 0 Å². The first-order valence-electron chi connectivity index (χ1n) is 10.1. The predicted molar refractivity (Wildman–Crippen MR) is 125 cm³/mol. The number of carbonyl (C=O) groups is 2. The number of amides is 3. The predicted octanol–water partition coefficient (Wildman–Crippen LogP) is 4.10. The summed E-state index contributed by atoms with van der Waals surface area (Å²) in [5.74, 6) is 0.285. The molecule has 33 heavy (non-hydrogen) atoms. The van der Waals surface area contributed by atoms with E-state index in [-0.39, 0.29) is 12.5 Å². The van der Waals surface area contributed by atoms with E-state index in [9.17, 15) is 9.59 Å². The largest absolute Gasteiger partial charge is 0.463 e. The minimum Gasteiger partial charge on any atom is -0.463 e. The van der Waals surface area contributed by atoms with Crippen molar-refractivity contribution in [2.45, 2.75) is 19.3 Å². The summed E-state index contributed by atoms with van der Waals surface area (Å²) in [6.45, 7) is 5.14. The van der Waals surface area contributed by atoms with Crippen molar-refractivity contribution in [3.05, 3.63) is 83.8 Å². The van der Waals surface area contributed by atoms with E-state index >= 15 is 0 Å². The fraction of sp³-hybridized carbons (Fsp3) is 0.174. The van der Waals surface area contributed by atoms with Crippen LogP contribution in [-0.4, -0.2) is 39.4 Å². The summed E-state index contributed by atoms with van der Waals surface area (Å²) in [6.07, 6.45) is 6.52. The van der Waals surface area contributed by atoms with Gasteiger partial charge in [0, 0.05) is 16.9 Å². The molecule has 170 valence electrons. The minimum atomic E-state index is -0.763. The van der Waals surface area contributed by atoms with Gasteiger partial charge in [-0.25, -0.2) is 9.48 Å². The zero-order valence-corrected chi connectivity index (χ0v) is 19.4. The maximum atomic E-state index is 12.7. The van der Waals surface area contributed by atoms with Crippen LogP contribution >= 0.6 is 15.9 Å². The number of ether oxygens (including phenoxy) is 1. The van der Waals surface area contributed by atoms with E-state index in [1.807, 2.05) is 24.3 Å². The lowest BCUT2D eigenvalue weighted by Crippen LogP contribution is -2.50. The number of nitrogens with zero attached hydrogens (tertiary/aromatic N) is 3. The van der Waals surface area contributed by atoms with Crippen molar-refractivity contribution in [3.63, 3.8) is 0 Å². The van der Waals surface area contributed by atoms with Crippen LogP contribution in [0.1, 0.15) is 18.7 Å². The summed E-state index contributed by atoms with van der Waals surface area (Å²) in [4.78, 5) is 26.4. The average molecular weight is 512 g/mol. The van der Waals surface area contributed by atoms with E-state index in [2.05, 4.69) is 33.1 Å². The normalized spacial score (nSPS) is 16.8. The number of hydrogen-bond acceptors (Lipinski definition) is 5. The Morgan fingerprint density at radius 2 is 2.12 bits per heavy atom. The van der Waals surface area contributed by atoms with Gasteiger partial charge in [-0.05, 0) is 49.4 Å². The van der Waals surface area contributed by atoms with Gasteiger partial charge in [0.2, 0.25) is 0 Å². The lowest BCUT2D eigenvalue weighted by Gasteiger charge is -2.29. The second-order valence-electron chi connectivity index (χ2n) is 7.18. The van der Waals surface area contributed by atoms with Crippen LogP contribution in [0.2, 0.25) is 0 Å². The van der Waals surface area contributed by atoms with E-state index in [0.29, 0.717) is 17.0 Å². The van der Waals surface area contributed by atoms with Crippen molar-refractivity contribution in [1.29, 1.82) is 0 Å². The van der Waals surface area contributed by atoms with Gasteiger partial charge in [-0.3, -0.25) is 9.69 Å². The highest BCUT2D eigenvalue weighted by atomic mass is 79.9. The molecule has 1 aromatic carbocycles. The molecule has 0 radical (unpaired) electrons. The van der Waals surface area contributed by atoms with Gasteiger partial charge in [-0.15, -0.1) is 0 Å². The number of aromatic nitrogens is 2. The van der Waals surface area contributed by atoms with Gasteiger partial charge in [-0.2, -0.15) is 5.10 Å². The number of allylic oxidation sites excluding steroid dienone is 2. The third-order valence-electron chi connectivity index (χ3n) is 4.96. The molecule has 3 heterocycles. The Bertz CT molecular complexity index is 1170. The Balaban J connectivity index is 1.66. The van der Waals surface area contributed by atoms with Crippen LogP contribution in [0.4, 0.5) is 4.79 Å². The zero-order valence-electron chi connectivity index (χ0n) is 17.8. The van der Waals surface area contributed by atoms with Crippen molar-refractivity contribution < 1.29 is 18.7 Å². The number of furan rings is 1. The topological polar surface area (TPSA) is 102 Å². The van der Waals surface area contributed by atoms with Gasteiger partial charge < -0.3 is 19.8 Å². The van der Waals surface area contributed by atoms with Crippen LogP contribution in [-0.2, 0) is 9.53 Å². The van der Waals surface area contributed by atoms with Crippen molar-refractivity contribution in [1.82, 2.24) is 25.3 Å². The SMILES string of the molecule is C=C/C=C/NC(=O)NC(C)N1C(=O)COC1c1cn(-c2ccc(Br)cc2)nc1-c1ccco1. The molecule has 9 nitrogen and oxygen atoms in total. The van der Waals surface area contributed by atoms with Crippen LogP contribution in [0.25, 0.3) is 17.1 Å². The molecule has 2 atom stereocenters. The van der Waals surface area contributed by atoms with E-state index in [0.717, 1.165) is 10.2 Å². The fourth-order valence-electron chi connectivity index (χ4n) is 3.49. The van der Waals surface area contributed by atoms with E-state index in [1.165, 1.54) is 17.2 Å². The van der Waals surface area contributed by atoms with Crippen LogP contribution < -0.4 is 10.6 Å². The molecular weight excluding hydrogens is 490 g/mol. The second-order valence-corrected chi connectivity index (χ2v) is 8.10. The molecule has 1 fully saturated rings. The maximum Gasteiger partial charge on any atom is 0.320 e. The summed E-state index contributed by atoms with van der Waals surface area (Å²) >= 11 is 3.44. The number of carbonyl (C=O) groups excluding carboxylic acids is 2. The Hall–Kier alpha value is -3.63. The summed E-state index contributed by atoms with van der Waals surface area (Å²) in [5.41, 5.74) is 2.00. The van der Waals surface area contributed by atoms with Crippen LogP contribution in [0, 0.1) is 0 Å². The molecule has 4 rings (SSSR count). The van der Waals surface area contributed by atoms with E-state index < -0.39 is 18.4 Å². The number of halogens is 1. The lowest BCUT2D eigenvalue weighted by molar-refractivity contribution is -0.130. The van der Waals surface area contributed by atoms with E-state index in [4.69, 9.17) is 14.3 Å². The molecule has 2 aromatic heterocycles. The molecule has 1 aliphatic rings. The van der Waals surface area contributed by atoms with Gasteiger partial charge >= 0.3 is 6.03 Å². The molecule has 0 aliphatic carbocycles. The Morgan fingerprint density at radius 3 is 2.82 bits per heavy atom. The number of benzene rings is 1. The third kappa shape index (κ3) is 4.91. The van der Waals surface area contributed by atoms with E-state index in [1.54, 1.807) is 42.3 Å². The smallest absolute Gasteiger partial charge is 0.320 e. The number of nitrogens with one attached hydrogen (secondary N) is 2. The molecule has 3 amide bonds. The fourth-order valence-corrected chi connectivity index (χ4v) is 3.75. The Kier molecular flexibility index (Phi) is 6.76. The monoisotopic (exact) mass is 511 g/mol. The first kappa shape index (κ1) is 22.6. The summed E-state index contributed by atoms with van der Waals surface area (Å²) in [6, 6.07) is 10.7. The highest BCUT2D eigenvalue weighted by molar-refractivity contribution is 9.10. The highest BCUT2D eigenvalue weighted by Crippen LogP contribution is 2.36. The number of urea groups is 1. The first-order valence-corrected chi connectivity index (χ1v) is 10.9. The van der Waals surface area contributed by atoms with Gasteiger partial charge in [0.1, 0.15) is 18.5 Å². The third-order valence-corrected chi connectivity index (χ3v) is 5.49. The molecule has 3 aromatic rings. The molecule has 0 bridgehead atoms. The van der Waals surface area contributed by atoms with Crippen molar-refractivity contribution in [2.24, 2.45) is 0 Å². The molecule has 1 aliphatic heterocycles. The van der Waals surface area contributed by atoms with Crippen molar-refractivity contribution >= 4 is 27.9 Å². The quantitative estimate of drug-likeness (QED) is 0.465. The number of hydrogen-bond donors (Lipinski definition) is 2. The number of rotatable bonds is 7. The van der Waals surface area contributed by atoms with Crippen molar-refractivity contribution in [2.75, 3.05) is 6.61 Å². The highest BCUT2D eigenvalue weighted by Gasteiger charge is 2.40. The molecule has 2 unspecified atom stereocenters. The van der Waals surface area contributed by atoms with Crippen molar-refractivity contribution in [3.8, 4) is 17.1 Å². The summed E-state index contributed by atoms with van der Waals surface area (Å²) in [7, 11) is 0. The van der Waals surface area contributed by atoms with Crippen LogP contribution in [0.15, 0.2) is 82.7 Å². The standard InChI is InChI=1S/C23H22BrN5O4/c1-3-4-11-25-23(31)26-15(2)29-20(30)14-33-22(29)18-13-28(17-9-7-16(24)8-10-17)27-21(18)19-6-5-12-32-19/h3-13,15,22H,1,14H2,2H3,(H2,25,26,31)/b11-4+. The molecule has 0 saturated carbocycles. The molecule has 10 heteroatoms. The molecular formula is C23H22BrN5O4. The molecule has 0 spiro atoms. The average Bonchev–Trinajstić information content (AvgIpc) is 3.53. The van der Waals surface area contributed by atoms with Gasteiger partial charge in [-0.1, -0.05) is 28.6 Å². The van der Waals surface area contributed by atoms with Gasteiger partial charge in [0.25, 0.3) is 5.91 Å². The Morgan fingerprint density at radius 1 is 1.33 bits per heavy atom. The summed E-state index contributed by atoms with van der Waals surface area (Å²) < 4.78 is 14.1. The maximum absolute atomic E-state index is 12.7.